The normalized spacial score (nSPS) is 28.5. The molecule has 1 aromatic rings. The van der Waals surface area contributed by atoms with Gasteiger partial charge in [0.2, 0.25) is 5.91 Å². The van der Waals surface area contributed by atoms with Crippen LogP contribution in [-0.2, 0) is 14.6 Å². The van der Waals surface area contributed by atoms with Crippen LogP contribution in [0.3, 0.4) is 0 Å². The molecule has 1 amide bonds. The standard InChI is InChI=1S/C13H15NO4S/c1-18-12-5-3-2-4-10(12)14-11-8-19(16,17)7-9(11)6-13(14)15/h2-5,9,11H,6-8H2,1H3/t9-,11-/m0/s1. The molecule has 6 heteroatoms. The lowest BCUT2D eigenvalue weighted by Gasteiger charge is -2.24. The van der Waals surface area contributed by atoms with Gasteiger partial charge in [0.15, 0.2) is 9.84 Å². The van der Waals surface area contributed by atoms with Crippen molar-refractivity contribution < 1.29 is 17.9 Å². The molecule has 0 N–H and O–H groups in total. The van der Waals surface area contributed by atoms with Gasteiger partial charge in [-0.2, -0.15) is 0 Å². The van der Waals surface area contributed by atoms with Crippen molar-refractivity contribution in [1.82, 2.24) is 0 Å². The first-order chi connectivity index (χ1) is 9.02. The molecule has 3 rings (SSSR count). The van der Waals surface area contributed by atoms with Gasteiger partial charge in [-0.3, -0.25) is 4.79 Å². The highest BCUT2D eigenvalue weighted by molar-refractivity contribution is 7.91. The third-order valence-electron chi connectivity index (χ3n) is 3.82. The van der Waals surface area contributed by atoms with Crippen molar-refractivity contribution in [3.8, 4) is 5.75 Å². The molecule has 0 radical (unpaired) electrons. The number of rotatable bonds is 2. The molecule has 0 bridgehead atoms. The van der Waals surface area contributed by atoms with E-state index >= 15 is 0 Å². The van der Waals surface area contributed by atoms with Crippen LogP contribution in [0.2, 0.25) is 0 Å². The zero-order chi connectivity index (χ0) is 13.6. The van der Waals surface area contributed by atoms with Gasteiger partial charge in [-0.05, 0) is 12.1 Å². The molecule has 2 aliphatic rings. The van der Waals surface area contributed by atoms with E-state index in [1.165, 1.54) is 0 Å². The summed E-state index contributed by atoms with van der Waals surface area (Å²) in [7, 11) is -1.48. The average Bonchev–Trinajstić information content (AvgIpc) is 2.79. The van der Waals surface area contributed by atoms with Gasteiger partial charge in [-0.15, -0.1) is 0 Å². The Labute approximate surface area is 112 Å². The van der Waals surface area contributed by atoms with Crippen molar-refractivity contribution >= 4 is 21.4 Å². The molecule has 102 valence electrons. The molecule has 19 heavy (non-hydrogen) atoms. The number of carbonyl (C=O) groups excluding carboxylic acids is 1. The van der Waals surface area contributed by atoms with Crippen LogP contribution in [0.25, 0.3) is 0 Å². The number of benzene rings is 1. The van der Waals surface area contributed by atoms with Gasteiger partial charge in [0, 0.05) is 12.3 Å². The van der Waals surface area contributed by atoms with Crippen molar-refractivity contribution in [1.29, 1.82) is 0 Å². The first-order valence-electron chi connectivity index (χ1n) is 6.17. The third-order valence-corrected chi connectivity index (χ3v) is 5.60. The van der Waals surface area contributed by atoms with Crippen LogP contribution in [0.1, 0.15) is 6.42 Å². The third kappa shape index (κ3) is 2.00. The Morgan fingerprint density at radius 3 is 2.74 bits per heavy atom. The van der Waals surface area contributed by atoms with Crippen LogP contribution >= 0.6 is 0 Å². The highest BCUT2D eigenvalue weighted by Gasteiger charge is 2.49. The van der Waals surface area contributed by atoms with Gasteiger partial charge in [-0.25, -0.2) is 8.42 Å². The molecule has 0 spiro atoms. The lowest BCUT2D eigenvalue weighted by atomic mass is 10.0. The second-order valence-corrected chi connectivity index (χ2v) is 7.20. The second-order valence-electron chi connectivity index (χ2n) is 5.04. The summed E-state index contributed by atoms with van der Waals surface area (Å²) >= 11 is 0. The molecule has 2 heterocycles. The maximum absolute atomic E-state index is 12.1. The van der Waals surface area contributed by atoms with E-state index in [2.05, 4.69) is 0 Å². The summed E-state index contributed by atoms with van der Waals surface area (Å²) in [6.45, 7) is 0. The average molecular weight is 281 g/mol. The van der Waals surface area contributed by atoms with Crippen LogP contribution in [-0.4, -0.2) is 39.0 Å². The number of hydrogen-bond acceptors (Lipinski definition) is 4. The van der Waals surface area contributed by atoms with E-state index in [9.17, 15) is 13.2 Å². The maximum atomic E-state index is 12.1. The van der Waals surface area contributed by atoms with Crippen LogP contribution < -0.4 is 9.64 Å². The van der Waals surface area contributed by atoms with E-state index in [4.69, 9.17) is 4.74 Å². The predicted molar refractivity (Wildman–Crippen MR) is 71.0 cm³/mol. The topological polar surface area (TPSA) is 63.7 Å². The molecule has 0 aliphatic carbocycles. The number of fused-ring (bicyclic) bond motifs is 1. The first kappa shape index (κ1) is 12.5. The van der Waals surface area contributed by atoms with Crippen LogP contribution in [0.15, 0.2) is 24.3 Å². The molecule has 0 aromatic heterocycles. The molecule has 1 aromatic carbocycles. The number of ether oxygens (including phenoxy) is 1. The number of para-hydroxylation sites is 2. The number of amides is 1. The van der Waals surface area contributed by atoms with E-state index in [-0.39, 0.29) is 29.4 Å². The fourth-order valence-electron chi connectivity index (χ4n) is 3.03. The van der Waals surface area contributed by atoms with Gasteiger partial charge in [0.05, 0.1) is 30.3 Å². The molecule has 2 atom stereocenters. The van der Waals surface area contributed by atoms with Crippen molar-refractivity contribution in [3.63, 3.8) is 0 Å². The number of carbonyl (C=O) groups is 1. The largest absolute Gasteiger partial charge is 0.495 e. The minimum absolute atomic E-state index is 0.0191. The van der Waals surface area contributed by atoms with E-state index in [1.54, 1.807) is 24.1 Å². The first-order valence-corrected chi connectivity index (χ1v) is 7.99. The molecule has 2 fully saturated rings. The highest BCUT2D eigenvalue weighted by Crippen LogP contribution is 2.40. The Kier molecular flexibility index (Phi) is 2.78. The zero-order valence-electron chi connectivity index (χ0n) is 10.6. The monoisotopic (exact) mass is 281 g/mol. The molecule has 0 unspecified atom stereocenters. The van der Waals surface area contributed by atoms with Crippen molar-refractivity contribution in [2.24, 2.45) is 5.92 Å². The minimum Gasteiger partial charge on any atom is -0.495 e. The minimum atomic E-state index is -3.02. The van der Waals surface area contributed by atoms with Gasteiger partial charge in [0.25, 0.3) is 0 Å². The Balaban J connectivity index is 2.02. The Hall–Kier alpha value is -1.56. The lowest BCUT2D eigenvalue weighted by Crippen LogP contribution is -2.36. The summed E-state index contributed by atoms with van der Waals surface area (Å²) in [5.41, 5.74) is 0.666. The molecule has 2 aliphatic heterocycles. The van der Waals surface area contributed by atoms with Gasteiger partial charge < -0.3 is 9.64 Å². The van der Waals surface area contributed by atoms with Crippen molar-refractivity contribution in [2.75, 3.05) is 23.5 Å². The van der Waals surface area contributed by atoms with Crippen LogP contribution in [0.5, 0.6) is 5.75 Å². The Bertz CT molecular complexity index is 625. The molecular formula is C13H15NO4S. The molecule has 2 saturated heterocycles. The Morgan fingerprint density at radius 1 is 1.26 bits per heavy atom. The van der Waals surface area contributed by atoms with Crippen LogP contribution in [0, 0.1) is 5.92 Å². The highest BCUT2D eigenvalue weighted by atomic mass is 32.2. The quantitative estimate of drug-likeness (QED) is 0.806. The zero-order valence-corrected chi connectivity index (χ0v) is 11.4. The van der Waals surface area contributed by atoms with Crippen LogP contribution in [0.4, 0.5) is 5.69 Å². The lowest BCUT2D eigenvalue weighted by molar-refractivity contribution is -0.117. The summed E-state index contributed by atoms with van der Waals surface area (Å²) in [5, 5.41) is 0. The fraction of sp³-hybridized carbons (Fsp3) is 0.462. The van der Waals surface area contributed by atoms with Gasteiger partial charge in [0.1, 0.15) is 5.75 Å². The summed E-state index contributed by atoms with van der Waals surface area (Å²) in [6, 6.07) is 6.98. The van der Waals surface area contributed by atoms with E-state index in [1.807, 2.05) is 12.1 Å². The fourth-order valence-corrected chi connectivity index (χ4v) is 5.10. The summed E-state index contributed by atoms with van der Waals surface area (Å²) in [5.74, 6) is 0.675. The van der Waals surface area contributed by atoms with E-state index in [0.29, 0.717) is 17.9 Å². The van der Waals surface area contributed by atoms with E-state index < -0.39 is 9.84 Å². The number of anilines is 1. The molecule has 5 nitrogen and oxygen atoms in total. The number of sulfone groups is 1. The number of methoxy groups -OCH3 is 1. The van der Waals surface area contributed by atoms with Crippen molar-refractivity contribution in [3.05, 3.63) is 24.3 Å². The maximum Gasteiger partial charge on any atom is 0.227 e. The van der Waals surface area contributed by atoms with Gasteiger partial charge in [-0.1, -0.05) is 12.1 Å². The van der Waals surface area contributed by atoms with Crippen molar-refractivity contribution in [2.45, 2.75) is 12.5 Å². The number of nitrogens with zero attached hydrogens (tertiary/aromatic N) is 1. The predicted octanol–water partition coefficient (Wildman–Crippen LogP) is 0.845. The summed E-state index contributed by atoms with van der Waals surface area (Å²) in [4.78, 5) is 13.7. The van der Waals surface area contributed by atoms with Gasteiger partial charge >= 0.3 is 0 Å². The number of hydrogen-bond donors (Lipinski definition) is 0. The van der Waals surface area contributed by atoms with E-state index in [0.717, 1.165) is 0 Å². The smallest absolute Gasteiger partial charge is 0.227 e. The molecule has 0 saturated carbocycles. The summed E-state index contributed by atoms with van der Waals surface area (Å²) in [6.07, 6.45) is 0.307. The summed E-state index contributed by atoms with van der Waals surface area (Å²) < 4.78 is 28.7. The molecular weight excluding hydrogens is 266 g/mol. The second kappa shape index (κ2) is 4.23. The Morgan fingerprint density at radius 2 is 2.00 bits per heavy atom. The SMILES string of the molecule is COc1ccccc1N1C(=O)C[C@H]2CS(=O)(=O)C[C@@H]21.